The molecule has 0 saturated carbocycles. The van der Waals surface area contributed by atoms with E-state index in [4.69, 9.17) is 14.1 Å². The fourth-order valence-corrected chi connectivity index (χ4v) is 5.43. The molecule has 0 spiro atoms. The number of carbonyl (C=O) groups excluding carboxylic acids is 1. The van der Waals surface area contributed by atoms with Crippen LogP contribution in [-0.2, 0) is 19.4 Å². The Hall–Kier alpha value is -2.13. The quantitative estimate of drug-likeness (QED) is 0.344. The first kappa shape index (κ1) is 20.2. The van der Waals surface area contributed by atoms with Gasteiger partial charge in [-0.05, 0) is 89.7 Å². The van der Waals surface area contributed by atoms with Crippen molar-refractivity contribution < 1.29 is 13.9 Å². The van der Waals surface area contributed by atoms with E-state index < -0.39 is 0 Å². The molecule has 0 bridgehead atoms. The number of aryl methyl sites for hydroxylation is 1. The number of carbonyl (C=O) groups is 1. The zero-order chi connectivity index (χ0) is 20.2. The van der Waals surface area contributed by atoms with Crippen LogP contribution in [-0.4, -0.2) is 19.2 Å². The van der Waals surface area contributed by atoms with Crippen LogP contribution in [0.4, 0.5) is 5.00 Å². The number of aliphatic imine (C=N–C) groups is 1. The molecule has 0 radical (unpaired) electrons. The van der Waals surface area contributed by atoms with E-state index in [0.29, 0.717) is 6.54 Å². The first-order valence-corrected chi connectivity index (χ1v) is 11.4. The molecule has 0 aliphatic heterocycles. The number of rotatable bonds is 6. The van der Waals surface area contributed by atoms with E-state index in [0.717, 1.165) is 56.0 Å². The second kappa shape index (κ2) is 9.13. The van der Waals surface area contributed by atoms with Crippen molar-refractivity contribution in [2.75, 3.05) is 7.11 Å². The Morgan fingerprint density at radius 2 is 2.21 bits per heavy atom. The maximum atomic E-state index is 13.0. The van der Waals surface area contributed by atoms with Crippen molar-refractivity contribution in [3.05, 3.63) is 67.5 Å². The molecule has 1 N–H and O–H groups in total. The van der Waals surface area contributed by atoms with E-state index in [1.165, 1.54) is 11.3 Å². The maximum absolute atomic E-state index is 13.0. The molecule has 4 rings (SSSR count). The summed E-state index contributed by atoms with van der Waals surface area (Å²) < 4.78 is 11.7. The minimum Gasteiger partial charge on any atom is -0.496 e. The number of fused-ring (bicyclic) bond motifs is 1. The highest BCUT2D eigenvalue weighted by molar-refractivity contribution is 14.1. The largest absolute Gasteiger partial charge is 0.496 e. The average Bonchev–Trinajstić information content (AvgIpc) is 3.38. The smallest absolute Gasteiger partial charge is 0.255 e. The Balaban J connectivity index is 1.61. The van der Waals surface area contributed by atoms with E-state index in [1.54, 1.807) is 24.7 Å². The summed E-state index contributed by atoms with van der Waals surface area (Å²) in [6.07, 6.45) is 7.67. The molecule has 1 amide bonds. The summed E-state index contributed by atoms with van der Waals surface area (Å²) in [6, 6.07) is 9.59. The SMILES string of the molecule is COc1ccc(C=Nc2sc3c(c2C(=O)NCc2ccco2)CCCC3)cc1I. The summed E-state index contributed by atoms with van der Waals surface area (Å²) in [5, 5.41) is 3.76. The zero-order valence-electron chi connectivity index (χ0n) is 16.0. The molecule has 1 aromatic carbocycles. The van der Waals surface area contributed by atoms with E-state index in [-0.39, 0.29) is 5.91 Å². The molecule has 2 heterocycles. The fourth-order valence-electron chi connectivity index (χ4n) is 3.44. The Kier molecular flexibility index (Phi) is 6.34. The molecule has 3 aromatic rings. The number of hydrogen-bond donors (Lipinski definition) is 1. The number of ether oxygens (including phenoxy) is 1. The number of furan rings is 1. The van der Waals surface area contributed by atoms with Gasteiger partial charge in [0.1, 0.15) is 16.5 Å². The average molecular weight is 520 g/mol. The fraction of sp³-hybridized carbons (Fsp3) is 0.273. The van der Waals surface area contributed by atoms with Crippen molar-refractivity contribution in [1.29, 1.82) is 0 Å². The van der Waals surface area contributed by atoms with Crippen LogP contribution in [0.2, 0.25) is 0 Å². The van der Waals surface area contributed by atoms with Crippen molar-refractivity contribution in [2.24, 2.45) is 4.99 Å². The summed E-state index contributed by atoms with van der Waals surface area (Å²) in [5.74, 6) is 1.49. The van der Waals surface area contributed by atoms with Crippen LogP contribution in [0.15, 0.2) is 46.0 Å². The first-order valence-electron chi connectivity index (χ1n) is 9.48. The number of amides is 1. The van der Waals surface area contributed by atoms with Gasteiger partial charge in [0, 0.05) is 11.1 Å². The minimum atomic E-state index is -0.0859. The van der Waals surface area contributed by atoms with Gasteiger partial charge in [0.25, 0.3) is 5.91 Å². The van der Waals surface area contributed by atoms with Crippen molar-refractivity contribution in [3.63, 3.8) is 0 Å². The van der Waals surface area contributed by atoms with Crippen molar-refractivity contribution >= 4 is 51.1 Å². The van der Waals surface area contributed by atoms with Crippen LogP contribution >= 0.6 is 33.9 Å². The maximum Gasteiger partial charge on any atom is 0.255 e. The van der Waals surface area contributed by atoms with Crippen LogP contribution in [0.3, 0.4) is 0 Å². The molecule has 0 saturated heterocycles. The predicted octanol–water partition coefficient (Wildman–Crippen LogP) is 5.51. The van der Waals surface area contributed by atoms with Gasteiger partial charge in [-0.3, -0.25) is 4.79 Å². The van der Waals surface area contributed by atoms with Gasteiger partial charge < -0.3 is 14.5 Å². The molecule has 5 nitrogen and oxygen atoms in total. The van der Waals surface area contributed by atoms with Crippen LogP contribution in [0.25, 0.3) is 0 Å². The molecular weight excluding hydrogens is 499 g/mol. The van der Waals surface area contributed by atoms with Gasteiger partial charge in [-0.1, -0.05) is 0 Å². The van der Waals surface area contributed by atoms with E-state index >= 15 is 0 Å². The third-order valence-electron chi connectivity index (χ3n) is 4.89. The third kappa shape index (κ3) is 4.56. The van der Waals surface area contributed by atoms with E-state index in [9.17, 15) is 4.79 Å². The van der Waals surface area contributed by atoms with Crippen LogP contribution in [0, 0.1) is 3.57 Å². The van der Waals surface area contributed by atoms with Crippen molar-refractivity contribution in [2.45, 2.75) is 32.2 Å². The lowest BCUT2D eigenvalue weighted by Crippen LogP contribution is -2.23. The Morgan fingerprint density at radius 3 is 2.97 bits per heavy atom. The zero-order valence-corrected chi connectivity index (χ0v) is 19.0. The standard InChI is InChI=1S/C22H21IN2O3S/c1-27-18-9-8-14(11-17(18)23)12-25-22-20(16-6-2-3-7-19(16)29-22)21(26)24-13-15-5-4-10-28-15/h4-5,8-12H,2-3,6-7,13H2,1H3,(H,24,26). The molecule has 1 aliphatic rings. The normalized spacial score (nSPS) is 13.4. The number of methoxy groups -OCH3 is 1. The highest BCUT2D eigenvalue weighted by Gasteiger charge is 2.25. The Labute approximate surface area is 187 Å². The topological polar surface area (TPSA) is 63.8 Å². The van der Waals surface area contributed by atoms with Gasteiger partial charge in [0.05, 0.1) is 29.1 Å². The second-order valence-electron chi connectivity index (χ2n) is 6.81. The van der Waals surface area contributed by atoms with Crippen molar-refractivity contribution in [3.8, 4) is 5.75 Å². The summed E-state index contributed by atoms with van der Waals surface area (Å²) in [6.45, 7) is 0.371. The summed E-state index contributed by atoms with van der Waals surface area (Å²) in [7, 11) is 1.66. The van der Waals surface area contributed by atoms with Crippen LogP contribution in [0.1, 0.15) is 45.0 Å². The first-order chi connectivity index (χ1) is 14.2. The molecule has 0 unspecified atom stereocenters. The monoisotopic (exact) mass is 520 g/mol. The number of hydrogen-bond acceptors (Lipinski definition) is 5. The highest BCUT2D eigenvalue weighted by Crippen LogP contribution is 2.40. The molecular formula is C22H21IN2O3S. The van der Waals surface area contributed by atoms with Gasteiger partial charge in [0.15, 0.2) is 0 Å². The molecule has 150 valence electrons. The van der Waals surface area contributed by atoms with Crippen LogP contribution in [0.5, 0.6) is 5.75 Å². The number of nitrogens with zero attached hydrogens (tertiary/aromatic N) is 1. The second-order valence-corrected chi connectivity index (χ2v) is 9.05. The molecule has 1 aliphatic carbocycles. The Bertz CT molecular complexity index is 1040. The molecule has 0 atom stereocenters. The predicted molar refractivity (Wildman–Crippen MR) is 124 cm³/mol. The van der Waals surface area contributed by atoms with Crippen LogP contribution < -0.4 is 10.1 Å². The van der Waals surface area contributed by atoms with Gasteiger partial charge in [-0.15, -0.1) is 11.3 Å². The number of benzene rings is 1. The lowest BCUT2D eigenvalue weighted by Gasteiger charge is -2.12. The molecule has 2 aromatic heterocycles. The van der Waals surface area contributed by atoms with Crippen molar-refractivity contribution in [1.82, 2.24) is 5.32 Å². The Morgan fingerprint density at radius 1 is 1.34 bits per heavy atom. The van der Waals surface area contributed by atoms with E-state index in [2.05, 4.69) is 27.9 Å². The lowest BCUT2D eigenvalue weighted by molar-refractivity contribution is 0.0948. The van der Waals surface area contributed by atoms with Gasteiger partial charge in [-0.25, -0.2) is 4.99 Å². The summed E-state index contributed by atoms with van der Waals surface area (Å²) in [5.41, 5.74) is 2.86. The number of thiophene rings is 1. The van der Waals surface area contributed by atoms with Gasteiger partial charge >= 0.3 is 0 Å². The van der Waals surface area contributed by atoms with Gasteiger partial charge in [-0.2, -0.15) is 0 Å². The number of nitrogens with one attached hydrogen (secondary N) is 1. The summed E-state index contributed by atoms with van der Waals surface area (Å²) >= 11 is 3.88. The molecule has 0 fully saturated rings. The van der Waals surface area contributed by atoms with E-state index in [1.807, 2.05) is 36.5 Å². The number of halogens is 1. The third-order valence-corrected chi connectivity index (χ3v) is 6.93. The summed E-state index contributed by atoms with van der Waals surface area (Å²) in [4.78, 5) is 19.0. The molecule has 29 heavy (non-hydrogen) atoms. The molecule has 7 heteroatoms. The minimum absolute atomic E-state index is 0.0859. The van der Waals surface area contributed by atoms with Gasteiger partial charge in [0.2, 0.25) is 0 Å². The highest BCUT2D eigenvalue weighted by atomic mass is 127. The lowest BCUT2D eigenvalue weighted by atomic mass is 9.95.